The van der Waals surface area contributed by atoms with Crippen molar-refractivity contribution in [1.29, 1.82) is 0 Å². The van der Waals surface area contributed by atoms with Crippen LogP contribution in [-0.2, 0) is 11.3 Å². The fourth-order valence-electron chi connectivity index (χ4n) is 3.27. The summed E-state index contributed by atoms with van der Waals surface area (Å²) in [5, 5.41) is 5.63. The van der Waals surface area contributed by atoms with Crippen LogP contribution in [0.25, 0.3) is 0 Å². The van der Waals surface area contributed by atoms with E-state index in [-0.39, 0.29) is 37.0 Å². The highest BCUT2D eigenvalue weighted by molar-refractivity contribution is 6.01. The highest BCUT2D eigenvalue weighted by atomic mass is 16.2. The highest BCUT2D eigenvalue weighted by Crippen LogP contribution is 2.20. The molecule has 2 heterocycles. The molecule has 2 aliphatic heterocycles. The zero-order valence-corrected chi connectivity index (χ0v) is 13.7. The summed E-state index contributed by atoms with van der Waals surface area (Å²) in [6.07, 6.45) is 2.05. The summed E-state index contributed by atoms with van der Waals surface area (Å²) in [6.45, 7) is 1.87. The Morgan fingerprint density at radius 2 is 2.04 bits per heavy atom. The van der Waals surface area contributed by atoms with Gasteiger partial charge < -0.3 is 15.5 Å². The third kappa shape index (κ3) is 3.26. The SMILES string of the molecule is CNC[C@@H]1CCCN1C(=O)c1ccc(CN2C(=O)CNC2=O)cc1. The van der Waals surface area contributed by atoms with E-state index in [9.17, 15) is 14.4 Å². The summed E-state index contributed by atoms with van der Waals surface area (Å²) in [6, 6.07) is 7.01. The maximum absolute atomic E-state index is 12.7. The molecule has 7 heteroatoms. The third-order valence-electron chi connectivity index (χ3n) is 4.56. The van der Waals surface area contributed by atoms with Gasteiger partial charge in [0.15, 0.2) is 0 Å². The molecule has 0 radical (unpaired) electrons. The lowest BCUT2D eigenvalue weighted by atomic mass is 10.1. The number of imide groups is 1. The van der Waals surface area contributed by atoms with E-state index in [0.717, 1.165) is 31.5 Å². The summed E-state index contributed by atoms with van der Waals surface area (Å²) in [4.78, 5) is 38.9. The molecule has 1 aromatic rings. The number of benzene rings is 1. The standard InChI is InChI=1S/C17H22N4O3/c1-18-9-14-3-2-8-20(14)16(23)13-6-4-12(5-7-13)11-21-15(22)10-19-17(21)24/h4-7,14,18H,2-3,8-11H2,1H3,(H,19,24)/t14-/m0/s1. The summed E-state index contributed by atoms with van der Waals surface area (Å²) in [5.74, 6) is -0.193. The number of likely N-dealkylation sites (N-methyl/N-ethyl adjacent to an activating group) is 1. The molecule has 7 nitrogen and oxygen atoms in total. The molecule has 2 N–H and O–H groups in total. The second-order valence-corrected chi connectivity index (χ2v) is 6.19. The van der Waals surface area contributed by atoms with Gasteiger partial charge in [-0.25, -0.2) is 4.79 Å². The molecule has 128 valence electrons. The van der Waals surface area contributed by atoms with Gasteiger partial charge in [0, 0.05) is 24.7 Å². The van der Waals surface area contributed by atoms with Crippen molar-refractivity contribution in [2.75, 3.05) is 26.7 Å². The van der Waals surface area contributed by atoms with Crippen LogP contribution < -0.4 is 10.6 Å². The Morgan fingerprint density at radius 1 is 1.29 bits per heavy atom. The van der Waals surface area contributed by atoms with E-state index in [0.29, 0.717) is 5.56 Å². The monoisotopic (exact) mass is 330 g/mol. The fraction of sp³-hybridized carbons (Fsp3) is 0.471. The van der Waals surface area contributed by atoms with Gasteiger partial charge in [-0.05, 0) is 37.6 Å². The van der Waals surface area contributed by atoms with Gasteiger partial charge in [0.25, 0.3) is 5.91 Å². The Labute approximate surface area is 141 Å². The van der Waals surface area contributed by atoms with E-state index in [1.807, 2.05) is 11.9 Å². The largest absolute Gasteiger partial charge is 0.334 e. The Morgan fingerprint density at radius 3 is 2.67 bits per heavy atom. The van der Waals surface area contributed by atoms with Crippen LogP contribution >= 0.6 is 0 Å². The van der Waals surface area contributed by atoms with Gasteiger partial charge in [0.1, 0.15) is 0 Å². The van der Waals surface area contributed by atoms with Crippen LogP contribution in [0.5, 0.6) is 0 Å². The van der Waals surface area contributed by atoms with Crippen LogP contribution in [0.4, 0.5) is 4.79 Å². The van der Waals surface area contributed by atoms with E-state index in [2.05, 4.69) is 10.6 Å². The first-order chi connectivity index (χ1) is 11.6. The number of urea groups is 1. The number of carbonyl (C=O) groups is 3. The molecular formula is C17H22N4O3. The first-order valence-corrected chi connectivity index (χ1v) is 8.23. The molecule has 1 aromatic carbocycles. The number of nitrogens with one attached hydrogen (secondary N) is 2. The normalized spacial score (nSPS) is 20.6. The highest BCUT2D eigenvalue weighted by Gasteiger charge is 2.30. The Kier molecular flexibility index (Phi) is 4.80. The van der Waals surface area contributed by atoms with Gasteiger partial charge in [-0.15, -0.1) is 0 Å². The smallest absolute Gasteiger partial charge is 0.324 e. The number of rotatable bonds is 5. The van der Waals surface area contributed by atoms with Gasteiger partial charge in [-0.1, -0.05) is 12.1 Å². The zero-order chi connectivity index (χ0) is 17.1. The summed E-state index contributed by atoms with van der Waals surface area (Å²) < 4.78 is 0. The predicted molar refractivity (Wildman–Crippen MR) is 88.4 cm³/mol. The number of hydrogen-bond acceptors (Lipinski definition) is 4. The van der Waals surface area contributed by atoms with Crippen molar-refractivity contribution in [2.45, 2.75) is 25.4 Å². The summed E-state index contributed by atoms with van der Waals surface area (Å²) in [7, 11) is 1.89. The minimum atomic E-state index is -0.368. The van der Waals surface area contributed by atoms with E-state index in [1.54, 1.807) is 24.3 Å². The minimum absolute atomic E-state index is 0.0364. The van der Waals surface area contributed by atoms with E-state index < -0.39 is 0 Å². The van der Waals surface area contributed by atoms with Crippen molar-refractivity contribution in [1.82, 2.24) is 20.4 Å². The summed E-state index contributed by atoms with van der Waals surface area (Å²) in [5.41, 5.74) is 1.46. The molecule has 2 aliphatic rings. The van der Waals surface area contributed by atoms with Crippen molar-refractivity contribution in [2.24, 2.45) is 0 Å². The third-order valence-corrected chi connectivity index (χ3v) is 4.56. The lowest BCUT2D eigenvalue weighted by molar-refractivity contribution is -0.125. The van der Waals surface area contributed by atoms with Crippen LogP contribution in [0.2, 0.25) is 0 Å². The Bertz CT molecular complexity index is 628. The van der Waals surface area contributed by atoms with Gasteiger partial charge in [-0.2, -0.15) is 0 Å². The van der Waals surface area contributed by atoms with Crippen LogP contribution in [0.3, 0.4) is 0 Å². The second kappa shape index (κ2) is 7.00. The lowest BCUT2D eigenvalue weighted by Gasteiger charge is -2.24. The number of nitrogens with zero attached hydrogens (tertiary/aromatic N) is 2. The Balaban J connectivity index is 1.67. The lowest BCUT2D eigenvalue weighted by Crippen LogP contribution is -2.40. The molecule has 4 amide bonds. The molecule has 0 unspecified atom stereocenters. The van der Waals surface area contributed by atoms with Crippen LogP contribution in [0, 0.1) is 0 Å². The number of carbonyl (C=O) groups excluding carboxylic acids is 3. The minimum Gasteiger partial charge on any atom is -0.334 e. The molecule has 0 bridgehead atoms. The average molecular weight is 330 g/mol. The molecule has 3 rings (SSSR count). The van der Waals surface area contributed by atoms with Gasteiger partial charge in [0.05, 0.1) is 13.1 Å². The van der Waals surface area contributed by atoms with Crippen molar-refractivity contribution in [3.05, 3.63) is 35.4 Å². The van der Waals surface area contributed by atoms with E-state index >= 15 is 0 Å². The van der Waals surface area contributed by atoms with Crippen LogP contribution in [0.15, 0.2) is 24.3 Å². The predicted octanol–water partition coefficient (Wildman–Crippen LogP) is 0.562. The maximum atomic E-state index is 12.7. The first-order valence-electron chi connectivity index (χ1n) is 8.23. The number of amides is 4. The molecule has 0 spiro atoms. The van der Waals surface area contributed by atoms with Crippen LogP contribution in [-0.4, -0.2) is 60.4 Å². The molecule has 2 fully saturated rings. The van der Waals surface area contributed by atoms with Crippen molar-refractivity contribution < 1.29 is 14.4 Å². The average Bonchev–Trinajstić information content (AvgIpc) is 3.17. The van der Waals surface area contributed by atoms with Gasteiger partial charge >= 0.3 is 6.03 Å². The summed E-state index contributed by atoms with van der Waals surface area (Å²) >= 11 is 0. The van der Waals surface area contributed by atoms with Crippen molar-refractivity contribution in [3.63, 3.8) is 0 Å². The molecule has 0 aliphatic carbocycles. The van der Waals surface area contributed by atoms with Crippen molar-refractivity contribution >= 4 is 17.8 Å². The topological polar surface area (TPSA) is 81.8 Å². The molecule has 1 atom stereocenters. The van der Waals surface area contributed by atoms with E-state index in [4.69, 9.17) is 0 Å². The molecule has 0 aromatic heterocycles. The zero-order valence-electron chi connectivity index (χ0n) is 13.7. The number of likely N-dealkylation sites (tertiary alicyclic amines) is 1. The second-order valence-electron chi connectivity index (χ2n) is 6.19. The van der Waals surface area contributed by atoms with Gasteiger partial charge in [-0.3, -0.25) is 14.5 Å². The van der Waals surface area contributed by atoms with E-state index in [1.165, 1.54) is 4.90 Å². The quantitative estimate of drug-likeness (QED) is 0.773. The van der Waals surface area contributed by atoms with Crippen molar-refractivity contribution in [3.8, 4) is 0 Å². The first kappa shape index (κ1) is 16.4. The Hall–Kier alpha value is -2.41. The fourth-order valence-corrected chi connectivity index (χ4v) is 3.27. The van der Waals surface area contributed by atoms with Crippen LogP contribution in [0.1, 0.15) is 28.8 Å². The molecule has 2 saturated heterocycles. The molecular weight excluding hydrogens is 308 g/mol. The van der Waals surface area contributed by atoms with Gasteiger partial charge in [0.2, 0.25) is 5.91 Å². The molecule has 24 heavy (non-hydrogen) atoms. The number of hydrogen-bond donors (Lipinski definition) is 2. The maximum Gasteiger partial charge on any atom is 0.324 e. The molecule has 0 saturated carbocycles.